The zero-order valence-corrected chi connectivity index (χ0v) is 19.0. The molecule has 4 rings (SSSR count). The molecule has 1 N–H and O–H groups in total. The number of amides is 2. The van der Waals surface area contributed by atoms with Crippen LogP contribution < -0.4 is 5.32 Å². The Hall–Kier alpha value is -3.34. The summed E-state index contributed by atoms with van der Waals surface area (Å²) in [7, 11) is 0. The topological polar surface area (TPSA) is 62.6 Å². The normalized spacial score (nSPS) is 13.5. The maximum Gasteiger partial charge on any atom is 0.229 e. The largest absolute Gasteiger partial charge is 0.461 e. The molecule has 1 aliphatic rings. The summed E-state index contributed by atoms with van der Waals surface area (Å²) in [5.41, 5.74) is 3.54. The van der Waals surface area contributed by atoms with Gasteiger partial charge in [0.25, 0.3) is 0 Å². The molecule has 0 bridgehead atoms. The van der Waals surface area contributed by atoms with Gasteiger partial charge >= 0.3 is 0 Å². The quantitative estimate of drug-likeness (QED) is 0.586. The number of nitrogens with zero attached hydrogens (tertiary/aromatic N) is 1. The van der Waals surface area contributed by atoms with Crippen LogP contribution >= 0.6 is 0 Å². The van der Waals surface area contributed by atoms with Crippen LogP contribution in [-0.4, -0.2) is 23.3 Å². The Bertz CT molecular complexity index is 1090. The molecule has 0 unspecified atom stereocenters. The second-order valence-electron chi connectivity index (χ2n) is 9.39. The minimum Gasteiger partial charge on any atom is -0.461 e. The van der Waals surface area contributed by atoms with Gasteiger partial charge in [0.05, 0.1) is 0 Å². The average Bonchev–Trinajstić information content (AvgIpc) is 3.21. The lowest BCUT2D eigenvalue weighted by Crippen LogP contribution is -2.35. The highest BCUT2D eigenvalue weighted by Gasteiger charge is 2.24. The number of hydrogen-bond donors (Lipinski definition) is 1. The highest BCUT2D eigenvalue weighted by atomic mass is 16.3. The molecule has 0 saturated heterocycles. The van der Waals surface area contributed by atoms with Crippen LogP contribution in [0.15, 0.2) is 65.1 Å². The second kappa shape index (κ2) is 9.03. The van der Waals surface area contributed by atoms with Crippen molar-refractivity contribution in [2.45, 2.75) is 46.6 Å². The van der Waals surface area contributed by atoms with E-state index in [1.54, 1.807) is 0 Å². The molecule has 166 valence electrons. The molecule has 0 aliphatic carbocycles. The summed E-state index contributed by atoms with van der Waals surface area (Å²) >= 11 is 0. The first kappa shape index (κ1) is 21.9. The van der Waals surface area contributed by atoms with E-state index in [4.69, 9.17) is 4.42 Å². The SMILES string of the molecule is CC(C)(C)C(=O)Nc1ccc(-c2cc3c(o2)CCN(C(=O)CCc2ccccc2)C3)cc1. The van der Waals surface area contributed by atoms with E-state index in [9.17, 15) is 9.59 Å². The standard InChI is InChI=1S/C27H30N2O3/c1-27(2,3)26(31)28-22-12-10-20(11-13-22)24-17-21-18-29(16-15-23(21)32-24)25(30)14-9-19-7-5-4-6-8-19/h4-8,10-13,17H,9,14-16,18H2,1-3H3,(H,28,31). The predicted octanol–water partition coefficient (Wildman–Crippen LogP) is 5.45. The Morgan fingerprint density at radius 2 is 1.75 bits per heavy atom. The van der Waals surface area contributed by atoms with E-state index in [2.05, 4.69) is 17.4 Å². The number of aryl methyl sites for hydroxylation is 1. The summed E-state index contributed by atoms with van der Waals surface area (Å²) in [4.78, 5) is 26.8. The van der Waals surface area contributed by atoms with Crippen molar-refractivity contribution in [3.8, 4) is 11.3 Å². The van der Waals surface area contributed by atoms with Crippen molar-refractivity contribution >= 4 is 17.5 Å². The Morgan fingerprint density at radius 3 is 2.44 bits per heavy atom. The van der Waals surface area contributed by atoms with Crippen LogP contribution in [0.2, 0.25) is 0 Å². The molecule has 2 heterocycles. The summed E-state index contributed by atoms with van der Waals surface area (Å²) in [6, 6.07) is 19.8. The Morgan fingerprint density at radius 1 is 1.03 bits per heavy atom. The first-order chi connectivity index (χ1) is 15.3. The highest BCUT2D eigenvalue weighted by Crippen LogP contribution is 2.31. The monoisotopic (exact) mass is 430 g/mol. The van der Waals surface area contributed by atoms with Crippen LogP contribution in [0.4, 0.5) is 5.69 Å². The smallest absolute Gasteiger partial charge is 0.229 e. The van der Waals surface area contributed by atoms with E-state index in [1.807, 2.05) is 74.2 Å². The molecule has 0 spiro atoms. The van der Waals surface area contributed by atoms with E-state index in [0.717, 1.165) is 41.2 Å². The molecule has 2 aromatic carbocycles. The lowest BCUT2D eigenvalue weighted by molar-refractivity contribution is -0.132. The van der Waals surface area contributed by atoms with E-state index in [0.29, 0.717) is 19.5 Å². The minimum absolute atomic E-state index is 0.0178. The number of nitrogens with one attached hydrogen (secondary N) is 1. The van der Waals surface area contributed by atoms with Crippen molar-refractivity contribution in [2.24, 2.45) is 5.41 Å². The second-order valence-corrected chi connectivity index (χ2v) is 9.39. The maximum absolute atomic E-state index is 12.7. The van der Waals surface area contributed by atoms with Crippen molar-refractivity contribution < 1.29 is 14.0 Å². The molecular weight excluding hydrogens is 400 g/mol. The van der Waals surface area contributed by atoms with Gasteiger partial charge in [-0.25, -0.2) is 0 Å². The summed E-state index contributed by atoms with van der Waals surface area (Å²) in [5, 5.41) is 2.94. The molecule has 0 radical (unpaired) electrons. The number of benzene rings is 2. The van der Waals surface area contributed by atoms with Gasteiger partial charge in [0.2, 0.25) is 11.8 Å². The van der Waals surface area contributed by atoms with Crippen molar-refractivity contribution in [1.82, 2.24) is 4.90 Å². The third kappa shape index (κ3) is 5.10. The van der Waals surface area contributed by atoms with Gasteiger partial charge < -0.3 is 14.6 Å². The van der Waals surface area contributed by atoms with E-state index in [1.165, 1.54) is 5.56 Å². The van der Waals surface area contributed by atoms with E-state index < -0.39 is 5.41 Å². The van der Waals surface area contributed by atoms with Crippen molar-refractivity contribution in [3.63, 3.8) is 0 Å². The highest BCUT2D eigenvalue weighted by molar-refractivity contribution is 5.94. The van der Waals surface area contributed by atoms with Crippen molar-refractivity contribution in [3.05, 3.63) is 77.6 Å². The van der Waals surface area contributed by atoms with Gasteiger partial charge in [-0.2, -0.15) is 0 Å². The number of carbonyl (C=O) groups excluding carboxylic acids is 2. The summed E-state index contributed by atoms with van der Waals surface area (Å²) < 4.78 is 6.10. The molecule has 32 heavy (non-hydrogen) atoms. The zero-order chi connectivity index (χ0) is 22.7. The van der Waals surface area contributed by atoms with Gasteiger partial charge in [0.1, 0.15) is 11.5 Å². The van der Waals surface area contributed by atoms with Crippen LogP contribution in [-0.2, 0) is 29.0 Å². The number of rotatable bonds is 5. The lowest BCUT2D eigenvalue weighted by atomic mass is 9.95. The van der Waals surface area contributed by atoms with Crippen LogP contribution in [0.3, 0.4) is 0 Å². The summed E-state index contributed by atoms with van der Waals surface area (Å²) in [6.07, 6.45) is 2.01. The van der Waals surface area contributed by atoms with Gasteiger partial charge in [-0.3, -0.25) is 9.59 Å². The van der Waals surface area contributed by atoms with E-state index >= 15 is 0 Å². The molecule has 5 nitrogen and oxygen atoms in total. The van der Waals surface area contributed by atoms with Crippen LogP contribution in [0.1, 0.15) is 44.1 Å². The Kier molecular flexibility index (Phi) is 6.17. The molecule has 3 aromatic rings. The van der Waals surface area contributed by atoms with Crippen molar-refractivity contribution in [1.29, 1.82) is 0 Å². The lowest BCUT2D eigenvalue weighted by Gasteiger charge is -2.26. The third-order valence-electron chi connectivity index (χ3n) is 5.80. The van der Waals surface area contributed by atoms with Gasteiger partial charge in [0, 0.05) is 48.2 Å². The van der Waals surface area contributed by atoms with Gasteiger partial charge in [-0.05, 0) is 42.3 Å². The third-order valence-corrected chi connectivity index (χ3v) is 5.80. The average molecular weight is 431 g/mol. The fourth-order valence-corrected chi connectivity index (χ4v) is 3.78. The minimum atomic E-state index is -0.441. The molecule has 1 aliphatic heterocycles. The molecule has 0 saturated carbocycles. The Labute approximate surface area is 189 Å². The first-order valence-electron chi connectivity index (χ1n) is 11.1. The predicted molar refractivity (Wildman–Crippen MR) is 126 cm³/mol. The Balaban J connectivity index is 1.39. The number of fused-ring (bicyclic) bond motifs is 1. The van der Waals surface area contributed by atoms with Crippen LogP contribution in [0.25, 0.3) is 11.3 Å². The number of hydrogen-bond acceptors (Lipinski definition) is 3. The van der Waals surface area contributed by atoms with Gasteiger partial charge in [-0.1, -0.05) is 51.1 Å². The number of furan rings is 1. The number of carbonyl (C=O) groups is 2. The molecule has 0 fully saturated rings. The molecule has 1 aromatic heterocycles. The van der Waals surface area contributed by atoms with Gasteiger partial charge in [0.15, 0.2) is 0 Å². The van der Waals surface area contributed by atoms with Gasteiger partial charge in [-0.15, -0.1) is 0 Å². The molecular formula is C27H30N2O3. The fraction of sp³-hybridized carbons (Fsp3) is 0.333. The maximum atomic E-state index is 12.7. The summed E-state index contributed by atoms with van der Waals surface area (Å²) in [6.45, 7) is 6.94. The molecule has 5 heteroatoms. The van der Waals surface area contributed by atoms with Crippen LogP contribution in [0, 0.1) is 5.41 Å². The molecule has 2 amide bonds. The molecule has 0 atom stereocenters. The van der Waals surface area contributed by atoms with Crippen LogP contribution in [0.5, 0.6) is 0 Å². The fourth-order valence-electron chi connectivity index (χ4n) is 3.78. The van der Waals surface area contributed by atoms with Crippen molar-refractivity contribution in [2.75, 3.05) is 11.9 Å². The van der Waals surface area contributed by atoms with E-state index in [-0.39, 0.29) is 11.8 Å². The zero-order valence-electron chi connectivity index (χ0n) is 19.0. The summed E-state index contributed by atoms with van der Waals surface area (Å²) in [5.74, 6) is 1.91. The first-order valence-corrected chi connectivity index (χ1v) is 11.1. The number of anilines is 1.